The fraction of sp³-hybridized carbons (Fsp3) is 0.375. The summed E-state index contributed by atoms with van der Waals surface area (Å²) in [6.07, 6.45) is 1.97. The largest absolute Gasteiger partial charge is 0.477 e. The number of carboxylic acids is 1. The zero-order valence-corrected chi connectivity index (χ0v) is 8.91. The Balaban J connectivity index is 3.11. The minimum Gasteiger partial charge on any atom is -0.477 e. The molecule has 0 amide bonds. The molecule has 0 unspecified atom stereocenters. The normalized spacial score (nSPS) is 9.87. The van der Waals surface area contributed by atoms with Crippen molar-refractivity contribution in [2.75, 3.05) is 12.0 Å². The summed E-state index contributed by atoms with van der Waals surface area (Å²) in [5, 5.41) is 21.7. The van der Waals surface area contributed by atoms with Gasteiger partial charge in [-0.25, -0.2) is 9.48 Å². The van der Waals surface area contributed by atoms with Gasteiger partial charge in [-0.05, 0) is 6.26 Å². The predicted molar refractivity (Wildman–Crippen MR) is 55.6 cm³/mol. The Bertz CT molecular complexity index is 421. The zero-order valence-electron chi connectivity index (χ0n) is 8.10. The number of carboxylic acid groups (broad SMARTS) is 1. The number of carbonyl (C=O) groups is 1. The van der Waals surface area contributed by atoms with E-state index in [1.807, 2.05) is 6.07 Å². The van der Waals surface area contributed by atoms with E-state index in [1.165, 1.54) is 16.4 Å². The summed E-state index contributed by atoms with van der Waals surface area (Å²) in [6, 6.07) is 1.95. The minimum atomic E-state index is -1.10. The van der Waals surface area contributed by atoms with Crippen molar-refractivity contribution in [3.05, 3.63) is 5.56 Å². The number of anilines is 1. The van der Waals surface area contributed by atoms with Crippen molar-refractivity contribution < 1.29 is 9.90 Å². The molecule has 0 aromatic carbocycles. The highest BCUT2D eigenvalue weighted by Gasteiger charge is 2.20. The summed E-state index contributed by atoms with van der Waals surface area (Å²) in [5.74, 6) is -0.998. The highest BCUT2D eigenvalue weighted by atomic mass is 32.2. The Kier molecular flexibility index (Phi) is 3.57. The van der Waals surface area contributed by atoms with Gasteiger partial charge < -0.3 is 10.8 Å². The number of nitrogen functional groups attached to an aromatic ring is 1. The monoisotopic (exact) mass is 226 g/mol. The van der Waals surface area contributed by atoms with Gasteiger partial charge in [-0.15, -0.1) is 11.8 Å². The van der Waals surface area contributed by atoms with Crippen LogP contribution in [0.3, 0.4) is 0 Å². The van der Waals surface area contributed by atoms with Gasteiger partial charge in [0.15, 0.2) is 0 Å². The minimum absolute atomic E-state index is 0.0143. The van der Waals surface area contributed by atoms with Gasteiger partial charge in [0.1, 0.15) is 16.4 Å². The topological polar surface area (TPSA) is 105 Å². The molecule has 1 aromatic rings. The standard InChI is InChI=1S/C8H10N4O2S/c1-15-7-5(8(13)14)6(10)12(11-7)4-2-3-9/h2,4,10H2,1H3,(H,13,14). The summed E-state index contributed by atoms with van der Waals surface area (Å²) in [7, 11) is 0. The van der Waals surface area contributed by atoms with Crippen LogP contribution in [0.25, 0.3) is 0 Å². The summed E-state index contributed by atoms with van der Waals surface area (Å²) in [6.45, 7) is 0.309. The van der Waals surface area contributed by atoms with E-state index >= 15 is 0 Å². The molecule has 1 rings (SSSR count). The molecule has 7 heteroatoms. The second kappa shape index (κ2) is 4.70. The van der Waals surface area contributed by atoms with Gasteiger partial charge in [0.25, 0.3) is 0 Å². The molecular formula is C8H10N4O2S. The van der Waals surface area contributed by atoms with E-state index in [0.29, 0.717) is 11.6 Å². The summed E-state index contributed by atoms with van der Waals surface area (Å²) < 4.78 is 1.35. The van der Waals surface area contributed by atoms with E-state index in [9.17, 15) is 4.79 Å². The summed E-state index contributed by atoms with van der Waals surface area (Å²) in [4.78, 5) is 10.9. The Morgan fingerprint density at radius 1 is 1.80 bits per heavy atom. The molecular weight excluding hydrogens is 216 g/mol. The maximum atomic E-state index is 10.9. The molecule has 0 saturated carbocycles. The van der Waals surface area contributed by atoms with Crippen LogP contribution in [-0.2, 0) is 6.54 Å². The Labute approximate surface area is 90.7 Å². The van der Waals surface area contributed by atoms with Gasteiger partial charge in [0, 0.05) is 0 Å². The molecule has 0 atom stereocenters. The van der Waals surface area contributed by atoms with E-state index in [2.05, 4.69) is 5.10 Å². The first-order valence-corrected chi connectivity index (χ1v) is 5.34. The van der Waals surface area contributed by atoms with Crippen molar-refractivity contribution >= 4 is 23.5 Å². The smallest absolute Gasteiger partial charge is 0.342 e. The fourth-order valence-corrected chi connectivity index (χ4v) is 1.70. The van der Waals surface area contributed by atoms with Crippen LogP contribution in [0.4, 0.5) is 5.82 Å². The van der Waals surface area contributed by atoms with Crippen molar-refractivity contribution in [2.24, 2.45) is 0 Å². The summed E-state index contributed by atoms with van der Waals surface area (Å²) >= 11 is 1.22. The molecule has 0 aliphatic rings. The van der Waals surface area contributed by atoms with Gasteiger partial charge in [-0.2, -0.15) is 10.4 Å². The number of aromatic nitrogens is 2. The molecule has 0 saturated heterocycles. The van der Waals surface area contributed by atoms with E-state index in [1.54, 1.807) is 6.26 Å². The van der Waals surface area contributed by atoms with Crippen LogP contribution in [0.2, 0.25) is 0 Å². The molecule has 0 bridgehead atoms. The number of rotatable bonds is 4. The highest BCUT2D eigenvalue weighted by Crippen LogP contribution is 2.24. The van der Waals surface area contributed by atoms with Gasteiger partial charge >= 0.3 is 5.97 Å². The van der Waals surface area contributed by atoms with Crippen LogP contribution >= 0.6 is 11.8 Å². The lowest BCUT2D eigenvalue weighted by atomic mass is 10.3. The second-order valence-electron chi connectivity index (χ2n) is 2.71. The van der Waals surface area contributed by atoms with Gasteiger partial charge in [0.05, 0.1) is 19.0 Å². The Hall–Kier alpha value is -1.68. The molecule has 0 radical (unpaired) electrons. The van der Waals surface area contributed by atoms with Crippen molar-refractivity contribution in [2.45, 2.75) is 18.0 Å². The quantitative estimate of drug-likeness (QED) is 0.735. The van der Waals surface area contributed by atoms with E-state index < -0.39 is 5.97 Å². The lowest BCUT2D eigenvalue weighted by Gasteiger charge is -1.99. The van der Waals surface area contributed by atoms with E-state index in [4.69, 9.17) is 16.1 Å². The van der Waals surface area contributed by atoms with Crippen LogP contribution in [0.5, 0.6) is 0 Å². The molecule has 80 valence electrons. The molecule has 0 spiro atoms. The zero-order chi connectivity index (χ0) is 11.4. The first-order chi connectivity index (χ1) is 7.11. The number of hydrogen-bond acceptors (Lipinski definition) is 5. The van der Waals surface area contributed by atoms with Crippen molar-refractivity contribution in [3.8, 4) is 6.07 Å². The van der Waals surface area contributed by atoms with Crippen LogP contribution in [0, 0.1) is 11.3 Å². The second-order valence-corrected chi connectivity index (χ2v) is 3.50. The van der Waals surface area contributed by atoms with Crippen molar-refractivity contribution in [1.82, 2.24) is 9.78 Å². The molecule has 1 heterocycles. The summed E-state index contributed by atoms with van der Waals surface area (Å²) in [5.41, 5.74) is 5.63. The molecule has 6 nitrogen and oxygen atoms in total. The average Bonchev–Trinajstić information content (AvgIpc) is 2.52. The SMILES string of the molecule is CSc1nn(CCC#N)c(N)c1C(=O)O. The lowest BCUT2D eigenvalue weighted by Crippen LogP contribution is -2.07. The van der Waals surface area contributed by atoms with E-state index in [0.717, 1.165) is 0 Å². The van der Waals surface area contributed by atoms with Crippen LogP contribution in [-0.4, -0.2) is 27.1 Å². The van der Waals surface area contributed by atoms with E-state index in [-0.39, 0.29) is 17.8 Å². The lowest BCUT2D eigenvalue weighted by molar-refractivity contribution is 0.0694. The average molecular weight is 226 g/mol. The molecule has 3 N–H and O–H groups in total. The number of aryl methyl sites for hydroxylation is 1. The molecule has 15 heavy (non-hydrogen) atoms. The number of thioether (sulfide) groups is 1. The van der Waals surface area contributed by atoms with Gasteiger partial charge in [0.2, 0.25) is 0 Å². The molecule has 0 aliphatic carbocycles. The highest BCUT2D eigenvalue weighted by molar-refractivity contribution is 7.98. The maximum absolute atomic E-state index is 10.9. The third kappa shape index (κ3) is 2.22. The van der Waals surface area contributed by atoms with Crippen LogP contribution in [0.1, 0.15) is 16.8 Å². The third-order valence-corrected chi connectivity index (χ3v) is 2.47. The number of hydrogen-bond donors (Lipinski definition) is 2. The Morgan fingerprint density at radius 2 is 2.47 bits per heavy atom. The first kappa shape index (κ1) is 11.4. The molecule has 0 aliphatic heterocycles. The van der Waals surface area contributed by atoms with Crippen molar-refractivity contribution in [3.63, 3.8) is 0 Å². The fourth-order valence-electron chi connectivity index (χ4n) is 1.12. The van der Waals surface area contributed by atoms with Crippen LogP contribution < -0.4 is 5.73 Å². The third-order valence-electron chi connectivity index (χ3n) is 1.80. The number of aromatic carboxylic acids is 1. The Morgan fingerprint density at radius 3 is 2.87 bits per heavy atom. The number of nitriles is 1. The number of nitrogens with two attached hydrogens (primary N) is 1. The first-order valence-electron chi connectivity index (χ1n) is 4.12. The molecule has 0 fully saturated rings. The van der Waals surface area contributed by atoms with Gasteiger partial charge in [-0.3, -0.25) is 0 Å². The number of nitrogens with zero attached hydrogens (tertiary/aromatic N) is 3. The predicted octanol–water partition coefficient (Wildman–Crippen LogP) is 0.799. The maximum Gasteiger partial charge on any atom is 0.342 e. The van der Waals surface area contributed by atoms with Crippen molar-refractivity contribution in [1.29, 1.82) is 5.26 Å². The van der Waals surface area contributed by atoms with Crippen LogP contribution in [0.15, 0.2) is 5.03 Å². The molecule has 1 aromatic heterocycles. The van der Waals surface area contributed by atoms with Gasteiger partial charge in [-0.1, -0.05) is 0 Å².